The van der Waals surface area contributed by atoms with Gasteiger partial charge in [0.2, 0.25) is 0 Å². The fourth-order valence-electron chi connectivity index (χ4n) is 1.88. The summed E-state index contributed by atoms with van der Waals surface area (Å²) in [6.45, 7) is 2.50. The standard InChI is InChI=1S/C14H16ClN3O/c1-9-7-11(5-6-16)18-14(17-9)12-4-3-10(15)8-13(12)19-2/h3-4,7-8H,5-6,16H2,1-2H3. The van der Waals surface area contributed by atoms with Crippen molar-refractivity contribution in [3.8, 4) is 17.1 Å². The lowest BCUT2D eigenvalue weighted by Gasteiger charge is -2.10. The van der Waals surface area contributed by atoms with Crippen molar-refractivity contribution in [3.05, 3.63) is 40.7 Å². The van der Waals surface area contributed by atoms with E-state index in [1.54, 1.807) is 19.2 Å². The van der Waals surface area contributed by atoms with E-state index in [2.05, 4.69) is 9.97 Å². The first kappa shape index (κ1) is 13.8. The second-order valence-corrected chi connectivity index (χ2v) is 4.64. The van der Waals surface area contributed by atoms with Crippen LogP contribution >= 0.6 is 11.6 Å². The molecule has 0 fully saturated rings. The van der Waals surface area contributed by atoms with E-state index in [0.717, 1.165) is 23.4 Å². The fourth-order valence-corrected chi connectivity index (χ4v) is 2.04. The van der Waals surface area contributed by atoms with Crippen LogP contribution in [0.25, 0.3) is 11.4 Å². The summed E-state index contributed by atoms with van der Waals surface area (Å²) in [6, 6.07) is 7.36. The molecule has 0 saturated heterocycles. The molecular formula is C14H16ClN3O. The van der Waals surface area contributed by atoms with Crippen LogP contribution in [0.4, 0.5) is 0 Å². The highest BCUT2D eigenvalue weighted by atomic mass is 35.5. The summed E-state index contributed by atoms with van der Waals surface area (Å²) >= 11 is 5.96. The molecule has 0 spiro atoms. The zero-order valence-corrected chi connectivity index (χ0v) is 11.7. The Labute approximate surface area is 117 Å². The quantitative estimate of drug-likeness (QED) is 0.933. The smallest absolute Gasteiger partial charge is 0.163 e. The van der Waals surface area contributed by atoms with Gasteiger partial charge >= 0.3 is 0 Å². The Kier molecular flexibility index (Phi) is 4.35. The third kappa shape index (κ3) is 3.22. The van der Waals surface area contributed by atoms with Crippen molar-refractivity contribution in [1.29, 1.82) is 0 Å². The maximum absolute atomic E-state index is 5.96. The van der Waals surface area contributed by atoms with Gasteiger partial charge in [0.05, 0.1) is 12.7 Å². The van der Waals surface area contributed by atoms with E-state index < -0.39 is 0 Å². The molecule has 19 heavy (non-hydrogen) atoms. The van der Waals surface area contributed by atoms with Gasteiger partial charge in [0.15, 0.2) is 5.82 Å². The van der Waals surface area contributed by atoms with Gasteiger partial charge in [-0.3, -0.25) is 0 Å². The first-order valence-electron chi connectivity index (χ1n) is 6.02. The number of hydrogen-bond donors (Lipinski definition) is 1. The Morgan fingerprint density at radius 1 is 1.26 bits per heavy atom. The Morgan fingerprint density at radius 2 is 2.05 bits per heavy atom. The van der Waals surface area contributed by atoms with E-state index in [9.17, 15) is 0 Å². The Hall–Kier alpha value is -1.65. The molecule has 1 aromatic carbocycles. The first-order valence-corrected chi connectivity index (χ1v) is 6.40. The Balaban J connectivity index is 2.51. The van der Waals surface area contributed by atoms with Gasteiger partial charge in [0.1, 0.15) is 5.75 Å². The average Bonchev–Trinajstić information content (AvgIpc) is 2.38. The van der Waals surface area contributed by atoms with Gasteiger partial charge in [0, 0.05) is 22.8 Å². The highest BCUT2D eigenvalue weighted by molar-refractivity contribution is 6.30. The van der Waals surface area contributed by atoms with E-state index in [-0.39, 0.29) is 0 Å². The predicted molar refractivity (Wildman–Crippen MR) is 76.5 cm³/mol. The number of ether oxygens (including phenoxy) is 1. The number of nitrogens with zero attached hydrogens (tertiary/aromatic N) is 2. The number of benzene rings is 1. The van der Waals surface area contributed by atoms with Gasteiger partial charge in [-0.25, -0.2) is 9.97 Å². The van der Waals surface area contributed by atoms with E-state index >= 15 is 0 Å². The second kappa shape index (κ2) is 5.99. The average molecular weight is 278 g/mol. The Bertz CT molecular complexity index is 587. The molecule has 0 atom stereocenters. The van der Waals surface area contributed by atoms with E-state index in [1.165, 1.54) is 0 Å². The summed E-state index contributed by atoms with van der Waals surface area (Å²) in [4.78, 5) is 8.97. The molecule has 5 heteroatoms. The third-order valence-electron chi connectivity index (χ3n) is 2.71. The van der Waals surface area contributed by atoms with Crippen LogP contribution in [0.5, 0.6) is 5.75 Å². The zero-order valence-electron chi connectivity index (χ0n) is 11.0. The Morgan fingerprint density at radius 3 is 2.74 bits per heavy atom. The number of aryl methyl sites for hydroxylation is 1. The molecule has 0 amide bonds. The van der Waals surface area contributed by atoms with Crippen molar-refractivity contribution in [1.82, 2.24) is 9.97 Å². The minimum atomic E-state index is 0.563. The lowest BCUT2D eigenvalue weighted by Crippen LogP contribution is -2.06. The van der Waals surface area contributed by atoms with Gasteiger partial charge in [-0.05, 0) is 37.7 Å². The molecule has 2 rings (SSSR count). The van der Waals surface area contributed by atoms with Gasteiger partial charge in [-0.1, -0.05) is 11.6 Å². The van der Waals surface area contributed by atoms with Crippen LogP contribution < -0.4 is 10.5 Å². The minimum absolute atomic E-state index is 0.563. The SMILES string of the molecule is COc1cc(Cl)ccc1-c1nc(C)cc(CCN)n1. The molecule has 100 valence electrons. The molecule has 0 unspecified atom stereocenters. The number of aromatic nitrogens is 2. The molecular weight excluding hydrogens is 262 g/mol. The lowest BCUT2D eigenvalue weighted by molar-refractivity contribution is 0.416. The number of halogens is 1. The van der Waals surface area contributed by atoms with Crippen LogP contribution in [-0.2, 0) is 6.42 Å². The van der Waals surface area contributed by atoms with E-state index in [4.69, 9.17) is 22.1 Å². The number of nitrogens with two attached hydrogens (primary N) is 1. The number of hydrogen-bond acceptors (Lipinski definition) is 4. The van der Waals surface area contributed by atoms with Crippen molar-refractivity contribution >= 4 is 11.6 Å². The van der Waals surface area contributed by atoms with Crippen LogP contribution in [0.1, 0.15) is 11.4 Å². The first-order chi connectivity index (χ1) is 9.13. The van der Waals surface area contributed by atoms with Crippen LogP contribution in [0, 0.1) is 6.92 Å². The van der Waals surface area contributed by atoms with Crippen molar-refractivity contribution in [2.75, 3.05) is 13.7 Å². The van der Waals surface area contributed by atoms with Crippen LogP contribution in [0.2, 0.25) is 5.02 Å². The van der Waals surface area contributed by atoms with Crippen molar-refractivity contribution in [2.24, 2.45) is 5.73 Å². The molecule has 2 N–H and O–H groups in total. The number of rotatable bonds is 4. The maximum Gasteiger partial charge on any atom is 0.163 e. The summed E-state index contributed by atoms with van der Waals surface area (Å²) in [7, 11) is 1.60. The van der Waals surface area contributed by atoms with Gasteiger partial charge in [-0.2, -0.15) is 0 Å². The largest absolute Gasteiger partial charge is 0.496 e. The number of methoxy groups -OCH3 is 1. The van der Waals surface area contributed by atoms with Gasteiger partial charge < -0.3 is 10.5 Å². The van der Waals surface area contributed by atoms with Crippen LogP contribution in [0.15, 0.2) is 24.3 Å². The zero-order chi connectivity index (χ0) is 13.8. The monoisotopic (exact) mass is 277 g/mol. The molecule has 2 aromatic rings. The van der Waals surface area contributed by atoms with Gasteiger partial charge in [0.25, 0.3) is 0 Å². The normalized spacial score (nSPS) is 10.5. The molecule has 0 saturated carbocycles. The molecule has 1 aromatic heterocycles. The van der Waals surface area contributed by atoms with Crippen LogP contribution in [-0.4, -0.2) is 23.6 Å². The highest BCUT2D eigenvalue weighted by Gasteiger charge is 2.11. The lowest BCUT2D eigenvalue weighted by atomic mass is 10.1. The summed E-state index contributed by atoms with van der Waals surface area (Å²) in [5.74, 6) is 1.30. The predicted octanol–water partition coefficient (Wildman–Crippen LogP) is 2.62. The van der Waals surface area contributed by atoms with E-state index in [0.29, 0.717) is 23.1 Å². The molecule has 0 radical (unpaired) electrons. The summed E-state index contributed by atoms with van der Waals surface area (Å²) in [5.41, 5.74) is 8.24. The molecule has 4 nitrogen and oxygen atoms in total. The van der Waals surface area contributed by atoms with Crippen molar-refractivity contribution in [2.45, 2.75) is 13.3 Å². The summed E-state index contributed by atoms with van der Waals surface area (Å²) in [5, 5.41) is 0.621. The van der Waals surface area contributed by atoms with Crippen molar-refractivity contribution < 1.29 is 4.74 Å². The topological polar surface area (TPSA) is 61.0 Å². The molecule has 0 aliphatic carbocycles. The summed E-state index contributed by atoms with van der Waals surface area (Å²) in [6.07, 6.45) is 0.728. The second-order valence-electron chi connectivity index (χ2n) is 4.21. The maximum atomic E-state index is 5.96. The highest BCUT2D eigenvalue weighted by Crippen LogP contribution is 2.30. The molecule has 0 aliphatic rings. The van der Waals surface area contributed by atoms with Gasteiger partial charge in [-0.15, -0.1) is 0 Å². The summed E-state index contributed by atoms with van der Waals surface area (Å²) < 4.78 is 5.33. The van der Waals surface area contributed by atoms with Crippen molar-refractivity contribution in [3.63, 3.8) is 0 Å². The molecule has 0 bridgehead atoms. The minimum Gasteiger partial charge on any atom is -0.496 e. The van der Waals surface area contributed by atoms with E-state index in [1.807, 2.05) is 19.1 Å². The van der Waals surface area contributed by atoms with Crippen LogP contribution in [0.3, 0.4) is 0 Å². The molecule has 1 heterocycles. The molecule has 0 aliphatic heterocycles. The fraction of sp³-hybridized carbons (Fsp3) is 0.286. The third-order valence-corrected chi connectivity index (χ3v) is 2.95.